The SMILES string of the molecule is CCCCCCCCCCCCCCCCCCOc1ccc(S(=O)(=O)Nc2ccccc2Cl)cc1NC(=O)C(C(=O)N1CCc2ccccc21)N1C(=O)C(OC)N(C)C1=O. The molecule has 0 radical (unpaired) electrons. The Kier molecular flexibility index (Phi) is 18.3. The second-order valence-corrected chi connectivity index (χ2v) is 17.9. The minimum absolute atomic E-state index is 0.0705. The van der Waals surface area contributed by atoms with Crippen LogP contribution in [-0.2, 0) is 35.6 Å². The minimum atomic E-state index is -4.26. The number of unbranched alkanes of at least 4 members (excludes halogenated alkanes) is 15. The van der Waals surface area contributed by atoms with Gasteiger partial charge in [-0.25, -0.2) is 18.1 Å². The highest BCUT2D eigenvalue weighted by atomic mass is 35.5. The van der Waals surface area contributed by atoms with E-state index in [1.807, 2.05) is 12.1 Å². The van der Waals surface area contributed by atoms with Gasteiger partial charge in [-0.3, -0.25) is 24.0 Å². The van der Waals surface area contributed by atoms with E-state index in [1.54, 1.807) is 30.3 Å². The summed E-state index contributed by atoms with van der Waals surface area (Å²) < 4.78 is 41.2. The molecule has 3 aromatic carbocycles. The molecule has 2 heterocycles. The summed E-state index contributed by atoms with van der Waals surface area (Å²) in [4.78, 5) is 58.8. The van der Waals surface area contributed by atoms with Crippen LogP contribution >= 0.6 is 11.6 Å². The number of para-hydroxylation sites is 2. The fourth-order valence-electron chi connectivity index (χ4n) is 7.88. The van der Waals surface area contributed by atoms with Gasteiger partial charge in [0.1, 0.15) is 5.75 Å². The lowest BCUT2D eigenvalue weighted by atomic mass is 10.0. The molecule has 2 N–H and O–H groups in total. The van der Waals surface area contributed by atoms with Crippen molar-refractivity contribution in [2.45, 2.75) is 133 Å². The van der Waals surface area contributed by atoms with E-state index in [0.29, 0.717) is 17.0 Å². The zero-order valence-corrected chi connectivity index (χ0v) is 37.4. The number of carbonyl (C=O) groups excluding carboxylic acids is 4. The zero-order valence-electron chi connectivity index (χ0n) is 35.8. The standard InChI is InChI=1S/C46H62ClN5O8S/c1-4-5-6-7-8-9-10-11-12-13-14-15-16-17-18-23-32-60-40-29-28-35(61(57,58)49-37-26-21-20-25-36(37)47)33-38(40)48-42(53)41(52-44(55)45(59-3)50(2)46(52)56)43(54)51-31-30-34-24-19-22-27-39(34)51/h19-22,24-29,33,41,45,49H,4-18,23,30-32H2,1-3H3,(H,48,53). The first-order chi connectivity index (χ1) is 29.5. The predicted octanol–water partition coefficient (Wildman–Crippen LogP) is 9.54. The Bertz CT molecular complexity index is 2070. The van der Waals surface area contributed by atoms with Crippen LogP contribution in [-0.4, -0.2) is 81.5 Å². The number of benzene rings is 3. The molecule has 0 aromatic heterocycles. The van der Waals surface area contributed by atoms with Gasteiger partial charge >= 0.3 is 6.03 Å². The van der Waals surface area contributed by atoms with Gasteiger partial charge in [-0.15, -0.1) is 0 Å². The highest BCUT2D eigenvalue weighted by Gasteiger charge is 2.53. The summed E-state index contributed by atoms with van der Waals surface area (Å²) in [7, 11) is -1.67. The van der Waals surface area contributed by atoms with E-state index in [2.05, 4.69) is 17.0 Å². The van der Waals surface area contributed by atoms with E-state index in [1.165, 1.54) is 120 Å². The van der Waals surface area contributed by atoms with Crippen molar-refractivity contribution in [3.8, 4) is 5.75 Å². The van der Waals surface area contributed by atoms with Crippen LogP contribution in [0, 0.1) is 0 Å². The fourth-order valence-corrected chi connectivity index (χ4v) is 9.23. The zero-order chi connectivity index (χ0) is 43.8. The maximum absolute atomic E-state index is 14.5. The highest BCUT2D eigenvalue weighted by Crippen LogP contribution is 2.33. The Morgan fingerprint density at radius 1 is 0.803 bits per heavy atom. The second-order valence-electron chi connectivity index (χ2n) is 15.8. The third-order valence-electron chi connectivity index (χ3n) is 11.3. The van der Waals surface area contributed by atoms with Crippen molar-refractivity contribution in [3.63, 3.8) is 0 Å². The van der Waals surface area contributed by atoms with Gasteiger partial charge in [0, 0.05) is 26.4 Å². The molecule has 2 atom stereocenters. The van der Waals surface area contributed by atoms with Crippen molar-refractivity contribution in [1.29, 1.82) is 0 Å². The third-order valence-corrected chi connectivity index (χ3v) is 13.0. The molecule has 3 aromatic rings. The number of carbonyl (C=O) groups is 4. The Hall–Kier alpha value is -4.66. The molecule has 5 rings (SSSR count). The Morgan fingerprint density at radius 3 is 2.00 bits per heavy atom. The number of urea groups is 1. The predicted molar refractivity (Wildman–Crippen MR) is 239 cm³/mol. The number of sulfonamides is 1. The molecule has 2 aliphatic rings. The number of rotatable bonds is 26. The average Bonchev–Trinajstić information content (AvgIpc) is 3.77. The van der Waals surface area contributed by atoms with Crippen molar-refractivity contribution in [2.75, 3.05) is 42.2 Å². The number of methoxy groups -OCH3 is 1. The lowest BCUT2D eigenvalue weighted by molar-refractivity contribution is -0.146. The Morgan fingerprint density at radius 2 is 1.39 bits per heavy atom. The van der Waals surface area contributed by atoms with E-state index in [9.17, 15) is 27.6 Å². The number of hydrogen-bond donors (Lipinski definition) is 2. The third kappa shape index (κ3) is 12.7. The number of ether oxygens (including phenoxy) is 2. The van der Waals surface area contributed by atoms with Gasteiger partial charge in [0.2, 0.25) is 6.23 Å². The number of likely N-dealkylation sites (N-methyl/N-ethyl adjacent to an activating group) is 1. The maximum atomic E-state index is 14.5. The number of fused-ring (bicyclic) bond motifs is 1. The number of nitrogens with one attached hydrogen (secondary N) is 2. The number of amides is 5. The normalized spacial score (nSPS) is 15.6. The van der Waals surface area contributed by atoms with Crippen LogP contribution in [0.4, 0.5) is 21.9 Å². The minimum Gasteiger partial charge on any atom is -0.491 e. The first-order valence-electron chi connectivity index (χ1n) is 21.9. The fraction of sp³-hybridized carbons (Fsp3) is 0.522. The Balaban J connectivity index is 1.27. The van der Waals surface area contributed by atoms with Crippen molar-refractivity contribution in [2.24, 2.45) is 0 Å². The average molecular weight is 881 g/mol. The summed E-state index contributed by atoms with van der Waals surface area (Å²) in [5.74, 6) is -2.60. The number of nitrogens with zero attached hydrogens (tertiary/aromatic N) is 3. The molecule has 13 nitrogen and oxygen atoms in total. The maximum Gasteiger partial charge on any atom is 0.330 e. The lowest BCUT2D eigenvalue weighted by Gasteiger charge is -2.28. The largest absolute Gasteiger partial charge is 0.491 e. The van der Waals surface area contributed by atoms with Crippen LogP contribution in [0.25, 0.3) is 0 Å². The molecule has 1 fully saturated rings. The number of anilines is 3. The van der Waals surface area contributed by atoms with Crippen molar-refractivity contribution in [1.82, 2.24) is 9.80 Å². The summed E-state index contributed by atoms with van der Waals surface area (Å²) in [5.41, 5.74) is 1.51. The van der Waals surface area contributed by atoms with Crippen molar-refractivity contribution < 1.29 is 37.1 Å². The molecule has 15 heteroatoms. The van der Waals surface area contributed by atoms with Crippen LogP contribution in [0.3, 0.4) is 0 Å². The van der Waals surface area contributed by atoms with Gasteiger partial charge < -0.3 is 19.7 Å². The molecule has 5 amide bonds. The number of imide groups is 1. The van der Waals surface area contributed by atoms with Gasteiger partial charge in [-0.2, -0.15) is 0 Å². The molecular weight excluding hydrogens is 818 g/mol. The van der Waals surface area contributed by atoms with E-state index >= 15 is 0 Å². The smallest absolute Gasteiger partial charge is 0.330 e. The summed E-state index contributed by atoms with van der Waals surface area (Å²) >= 11 is 6.26. The van der Waals surface area contributed by atoms with Crippen molar-refractivity contribution >= 4 is 62.4 Å². The van der Waals surface area contributed by atoms with E-state index in [-0.39, 0.29) is 40.2 Å². The van der Waals surface area contributed by atoms with Crippen molar-refractivity contribution in [3.05, 3.63) is 77.3 Å². The molecule has 0 aliphatic carbocycles. The topological polar surface area (TPSA) is 155 Å². The molecule has 61 heavy (non-hydrogen) atoms. The first kappa shape index (κ1) is 47.4. The molecule has 1 saturated heterocycles. The summed E-state index contributed by atoms with van der Waals surface area (Å²) in [6, 6.07) is 14.7. The molecular formula is C46H62ClN5O8S. The van der Waals surface area contributed by atoms with Gasteiger partial charge in [-0.05, 0) is 54.8 Å². The Labute approximate surface area is 366 Å². The number of hydrogen-bond acceptors (Lipinski definition) is 8. The van der Waals surface area contributed by atoms with Gasteiger partial charge in [-0.1, -0.05) is 145 Å². The lowest BCUT2D eigenvalue weighted by Crippen LogP contribution is -2.57. The van der Waals surface area contributed by atoms with E-state index in [0.717, 1.165) is 36.1 Å². The first-order valence-corrected chi connectivity index (χ1v) is 23.7. The molecule has 332 valence electrons. The van der Waals surface area contributed by atoms with Crippen LogP contribution < -0.4 is 19.7 Å². The van der Waals surface area contributed by atoms with E-state index in [4.69, 9.17) is 21.1 Å². The second kappa shape index (κ2) is 23.5. The summed E-state index contributed by atoms with van der Waals surface area (Å²) in [6.45, 7) is 2.75. The molecule has 0 bridgehead atoms. The summed E-state index contributed by atoms with van der Waals surface area (Å²) in [6.07, 6.45) is 18.7. The molecule has 2 unspecified atom stereocenters. The van der Waals surface area contributed by atoms with Crippen LogP contribution in [0.1, 0.15) is 115 Å². The highest BCUT2D eigenvalue weighted by molar-refractivity contribution is 7.92. The monoisotopic (exact) mass is 879 g/mol. The van der Waals surface area contributed by atoms with Gasteiger partial charge in [0.15, 0.2) is 6.04 Å². The molecule has 0 saturated carbocycles. The molecule has 2 aliphatic heterocycles. The van der Waals surface area contributed by atoms with Crippen LogP contribution in [0.15, 0.2) is 71.6 Å². The molecule has 0 spiro atoms. The van der Waals surface area contributed by atoms with Crippen LogP contribution in [0.2, 0.25) is 5.02 Å². The van der Waals surface area contributed by atoms with E-state index < -0.39 is 46.0 Å². The quantitative estimate of drug-likeness (QED) is 0.0459. The summed E-state index contributed by atoms with van der Waals surface area (Å²) in [5, 5.41) is 2.85. The number of halogens is 1. The van der Waals surface area contributed by atoms with Crippen LogP contribution in [0.5, 0.6) is 5.75 Å². The van der Waals surface area contributed by atoms with Gasteiger partial charge in [0.25, 0.3) is 27.7 Å². The van der Waals surface area contributed by atoms with Gasteiger partial charge in [0.05, 0.1) is 27.9 Å².